The van der Waals surface area contributed by atoms with E-state index in [0.29, 0.717) is 18.9 Å². The van der Waals surface area contributed by atoms with Crippen LogP contribution in [-0.4, -0.2) is 49.4 Å². The first kappa shape index (κ1) is 11.8. The number of morpholine rings is 1. The molecule has 1 saturated heterocycles. The number of carbonyl (C=O) groups excluding carboxylic acids is 1. The summed E-state index contributed by atoms with van der Waals surface area (Å²) in [6.07, 6.45) is 1.58. The van der Waals surface area contributed by atoms with Gasteiger partial charge in [0.2, 0.25) is 0 Å². The average Bonchev–Trinajstić information content (AvgIpc) is 2.39. The lowest BCUT2D eigenvalue weighted by atomic mass is 10.3. The Labute approximate surface area is 99.5 Å². The lowest BCUT2D eigenvalue weighted by molar-refractivity contribution is 0.0496. The van der Waals surface area contributed by atoms with Crippen LogP contribution < -0.4 is 5.43 Å². The van der Waals surface area contributed by atoms with Gasteiger partial charge >= 0.3 is 5.97 Å². The molecule has 0 spiro atoms. The molecule has 0 saturated carbocycles. The summed E-state index contributed by atoms with van der Waals surface area (Å²) in [6, 6.07) is 3.48. The van der Waals surface area contributed by atoms with E-state index in [1.807, 2.05) is 11.1 Å². The van der Waals surface area contributed by atoms with E-state index in [4.69, 9.17) is 4.74 Å². The standard InChI is InChI=1S/C11H15N3O3/c1-16-11(15)10-8-9(2-3-12-10)13-14-4-6-17-7-5-14/h2-3,8H,4-7H2,1H3,(H,12,13). The molecule has 2 rings (SSSR count). The molecule has 17 heavy (non-hydrogen) atoms. The molecule has 0 amide bonds. The second kappa shape index (κ2) is 5.60. The number of methoxy groups -OCH3 is 1. The Bertz CT molecular complexity index is 391. The predicted molar refractivity (Wildman–Crippen MR) is 61.6 cm³/mol. The number of pyridine rings is 1. The molecule has 1 aliphatic rings. The van der Waals surface area contributed by atoms with E-state index in [1.165, 1.54) is 7.11 Å². The molecule has 1 N–H and O–H groups in total. The minimum Gasteiger partial charge on any atom is -0.464 e. The van der Waals surface area contributed by atoms with Gasteiger partial charge < -0.3 is 14.9 Å². The number of aromatic nitrogens is 1. The summed E-state index contributed by atoms with van der Waals surface area (Å²) in [5, 5.41) is 2.04. The minimum absolute atomic E-state index is 0.297. The highest BCUT2D eigenvalue weighted by Gasteiger charge is 2.12. The van der Waals surface area contributed by atoms with Gasteiger partial charge in [-0.3, -0.25) is 0 Å². The van der Waals surface area contributed by atoms with E-state index in [-0.39, 0.29) is 0 Å². The van der Waals surface area contributed by atoms with Gasteiger partial charge in [-0.1, -0.05) is 0 Å². The van der Waals surface area contributed by atoms with E-state index in [0.717, 1.165) is 18.8 Å². The number of carbonyl (C=O) groups is 1. The Balaban J connectivity index is 2.02. The van der Waals surface area contributed by atoms with Crippen molar-refractivity contribution in [1.29, 1.82) is 0 Å². The second-order valence-electron chi connectivity index (χ2n) is 3.63. The number of hydrogen-bond donors (Lipinski definition) is 1. The van der Waals surface area contributed by atoms with E-state index in [1.54, 1.807) is 12.3 Å². The van der Waals surface area contributed by atoms with Crippen molar-refractivity contribution in [2.75, 3.05) is 38.8 Å². The Morgan fingerprint density at radius 1 is 1.53 bits per heavy atom. The fourth-order valence-corrected chi connectivity index (χ4v) is 1.57. The van der Waals surface area contributed by atoms with E-state index in [9.17, 15) is 4.79 Å². The number of hydrogen-bond acceptors (Lipinski definition) is 6. The Morgan fingerprint density at radius 3 is 3.00 bits per heavy atom. The molecular weight excluding hydrogens is 222 g/mol. The van der Waals surface area contributed by atoms with Gasteiger partial charge in [0.05, 0.1) is 26.0 Å². The van der Waals surface area contributed by atoms with Gasteiger partial charge in [0.1, 0.15) is 5.69 Å². The maximum atomic E-state index is 11.3. The van der Waals surface area contributed by atoms with Gasteiger partial charge in [0.15, 0.2) is 0 Å². The molecule has 1 fully saturated rings. The van der Waals surface area contributed by atoms with Crippen molar-refractivity contribution in [3.8, 4) is 0 Å². The number of anilines is 1. The predicted octanol–water partition coefficient (Wildman–Crippen LogP) is 0.527. The van der Waals surface area contributed by atoms with Crippen molar-refractivity contribution in [2.24, 2.45) is 0 Å². The van der Waals surface area contributed by atoms with Crippen LogP contribution in [0.1, 0.15) is 10.5 Å². The van der Waals surface area contributed by atoms with Crippen LogP contribution in [0.3, 0.4) is 0 Å². The third-order valence-electron chi connectivity index (χ3n) is 2.45. The first-order valence-corrected chi connectivity index (χ1v) is 5.43. The van der Waals surface area contributed by atoms with Crippen molar-refractivity contribution < 1.29 is 14.3 Å². The number of esters is 1. The van der Waals surface area contributed by atoms with Crippen molar-refractivity contribution in [1.82, 2.24) is 9.99 Å². The summed E-state index contributed by atoms with van der Waals surface area (Å²) in [5.74, 6) is -0.435. The van der Waals surface area contributed by atoms with Crippen LogP contribution in [0.15, 0.2) is 18.3 Å². The molecule has 0 aliphatic carbocycles. The highest BCUT2D eigenvalue weighted by molar-refractivity contribution is 5.88. The molecule has 1 aliphatic heterocycles. The fourth-order valence-electron chi connectivity index (χ4n) is 1.57. The molecule has 2 heterocycles. The quantitative estimate of drug-likeness (QED) is 0.774. The zero-order valence-corrected chi connectivity index (χ0v) is 9.68. The summed E-state index contributed by atoms with van der Waals surface area (Å²) in [4.78, 5) is 15.3. The van der Waals surface area contributed by atoms with Gasteiger partial charge in [-0.15, -0.1) is 0 Å². The smallest absolute Gasteiger partial charge is 0.356 e. The highest BCUT2D eigenvalue weighted by Crippen LogP contribution is 2.10. The van der Waals surface area contributed by atoms with Crippen LogP contribution in [0.2, 0.25) is 0 Å². The first-order chi connectivity index (χ1) is 8.29. The highest BCUT2D eigenvalue weighted by atomic mass is 16.5. The summed E-state index contributed by atoms with van der Waals surface area (Å²) in [7, 11) is 1.34. The topological polar surface area (TPSA) is 63.7 Å². The van der Waals surface area contributed by atoms with Crippen LogP contribution in [0.25, 0.3) is 0 Å². The number of nitrogens with zero attached hydrogens (tertiary/aromatic N) is 2. The van der Waals surface area contributed by atoms with Crippen molar-refractivity contribution >= 4 is 11.7 Å². The molecular formula is C11H15N3O3. The summed E-state index contributed by atoms with van der Waals surface area (Å²) >= 11 is 0. The number of nitrogens with one attached hydrogen (secondary N) is 1. The molecule has 0 atom stereocenters. The summed E-state index contributed by atoms with van der Waals surface area (Å²) < 4.78 is 9.87. The van der Waals surface area contributed by atoms with Gasteiger partial charge in [0, 0.05) is 19.3 Å². The van der Waals surface area contributed by atoms with Gasteiger partial charge in [-0.25, -0.2) is 14.8 Å². The summed E-state index contributed by atoms with van der Waals surface area (Å²) in [5.41, 5.74) is 4.32. The molecule has 1 aromatic heterocycles. The molecule has 0 aromatic carbocycles. The van der Waals surface area contributed by atoms with Crippen molar-refractivity contribution in [3.05, 3.63) is 24.0 Å². The SMILES string of the molecule is COC(=O)c1cc(NN2CCOCC2)ccn1. The number of rotatable bonds is 3. The number of ether oxygens (including phenoxy) is 2. The Morgan fingerprint density at radius 2 is 2.29 bits per heavy atom. The normalized spacial score (nSPS) is 16.5. The molecule has 0 radical (unpaired) electrons. The van der Waals surface area contributed by atoms with Crippen LogP contribution in [-0.2, 0) is 9.47 Å². The van der Waals surface area contributed by atoms with Crippen LogP contribution in [0.4, 0.5) is 5.69 Å². The maximum absolute atomic E-state index is 11.3. The molecule has 92 valence electrons. The lowest BCUT2D eigenvalue weighted by Crippen LogP contribution is -2.40. The lowest BCUT2D eigenvalue weighted by Gasteiger charge is -2.27. The van der Waals surface area contributed by atoms with Crippen LogP contribution >= 0.6 is 0 Å². The van der Waals surface area contributed by atoms with E-state index >= 15 is 0 Å². The molecule has 0 bridgehead atoms. The molecule has 1 aromatic rings. The molecule has 6 heteroatoms. The van der Waals surface area contributed by atoms with Crippen LogP contribution in [0.5, 0.6) is 0 Å². The summed E-state index contributed by atoms with van der Waals surface area (Å²) in [6.45, 7) is 3.05. The average molecular weight is 237 g/mol. The largest absolute Gasteiger partial charge is 0.464 e. The zero-order valence-electron chi connectivity index (χ0n) is 9.68. The van der Waals surface area contributed by atoms with E-state index < -0.39 is 5.97 Å². The van der Waals surface area contributed by atoms with Gasteiger partial charge in [-0.05, 0) is 12.1 Å². The van der Waals surface area contributed by atoms with Crippen LogP contribution in [0, 0.1) is 0 Å². The Hall–Kier alpha value is -1.66. The van der Waals surface area contributed by atoms with Crippen molar-refractivity contribution in [2.45, 2.75) is 0 Å². The first-order valence-electron chi connectivity index (χ1n) is 5.43. The third kappa shape index (κ3) is 3.15. The van der Waals surface area contributed by atoms with Crippen molar-refractivity contribution in [3.63, 3.8) is 0 Å². The second-order valence-corrected chi connectivity index (χ2v) is 3.63. The third-order valence-corrected chi connectivity index (χ3v) is 2.45. The fraction of sp³-hybridized carbons (Fsp3) is 0.455. The van der Waals surface area contributed by atoms with E-state index in [2.05, 4.69) is 15.1 Å². The molecule has 6 nitrogen and oxygen atoms in total. The monoisotopic (exact) mass is 237 g/mol. The molecule has 0 unspecified atom stereocenters. The zero-order chi connectivity index (χ0) is 12.1. The minimum atomic E-state index is -0.435. The maximum Gasteiger partial charge on any atom is 0.356 e. The van der Waals surface area contributed by atoms with Gasteiger partial charge in [-0.2, -0.15) is 0 Å². The van der Waals surface area contributed by atoms with Gasteiger partial charge in [0.25, 0.3) is 0 Å². The Kier molecular flexibility index (Phi) is 3.89. The number of hydrazine groups is 1.